The van der Waals surface area contributed by atoms with E-state index >= 15 is 0 Å². The van der Waals surface area contributed by atoms with Crippen molar-refractivity contribution in [1.82, 2.24) is 15.1 Å². The molecule has 1 aliphatic heterocycles. The number of nitrogens with one attached hydrogen (secondary N) is 1. The number of carbonyl (C=O) groups excluding carboxylic acids is 1. The van der Waals surface area contributed by atoms with E-state index in [1.807, 2.05) is 18.7 Å². The average Bonchev–Trinajstić information content (AvgIpc) is 2.95. The van der Waals surface area contributed by atoms with Gasteiger partial charge in [-0.05, 0) is 32.3 Å². The third kappa shape index (κ3) is 3.45. The number of rotatable bonds is 6. The van der Waals surface area contributed by atoms with Gasteiger partial charge in [0.1, 0.15) is 0 Å². The first-order chi connectivity index (χ1) is 12.0. The van der Waals surface area contributed by atoms with E-state index in [1.165, 1.54) is 0 Å². The Morgan fingerprint density at radius 1 is 1.40 bits per heavy atom. The summed E-state index contributed by atoms with van der Waals surface area (Å²) in [6.07, 6.45) is 2.91. The molecule has 3 rings (SSSR count). The molecular weight excluding hydrogens is 322 g/mol. The SMILES string of the molecule is Cc1[nH]nc(CCC(=O)N2CCC3(CC2)[C@H](O)C[C@@H]3OCCO)c1C. The van der Waals surface area contributed by atoms with Crippen LogP contribution >= 0.6 is 0 Å². The van der Waals surface area contributed by atoms with Gasteiger partial charge in [-0.1, -0.05) is 0 Å². The van der Waals surface area contributed by atoms with Crippen LogP contribution in [0.1, 0.15) is 42.6 Å². The van der Waals surface area contributed by atoms with E-state index in [0.717, 1.165) is 29.8 Å². The Hall–Kier alpha value is -1.44. The number of aromatic nitrogens is 2. The minimum atomic E-state index is -0.358. The quantitative estimate of drug-likeness (QED) is 0.701. The number of likely N-dealkylation sites (tertiary alicyclic amines) is 1. The van der Waals surface area contributed by atoms with Gasteiger partial charge in [0.05, 0.1) is 31.1 Å². The summed E-state index contributed by atoms with van der Waals surface area (Å²) in [5.74, 6) is 0.150. The number of ether oxygens (including phenoxy) is 1. The molecular formula is C18H29N3O4. The van der Waals surface area contributed by atoms with Crippen molar-refractivity contribution in [3.63, 3.8) is 0 Å². The fourth-order valence-electron chi connectivity index (χ4n) is 4.15. The third-order valence-electron chi connectivity index (χ3n) is 6.13. The number of carbonyl (C=O) groups is 1. The Balaban J connectivity index is 1.50. The van der Waals surface area contributed by atoms with Gasteiger partial charge in [0, 0.05) is 43.5 Å². The molecule has 0 unspecified atom stereocenters. The first kappa shape index (κ1) is 18.4. The van der Waals surface area contributed by atoms with Crippen LogP contribution < -0.4 is 0 Å². The normalized spacial score (nSPS) is 25.2. The van der Waals surface area contributed by atoms with Gasteiger partial charge in [-0.3, -0.25) is 9.89 Å². The van der Waals surface area contributed by atoms with E-state index in [2.05, 4.69) is 10.2 Å². The van der Waals surface area contributed by atoms with E-state index in [1.54, 1.807) is 0 Å². The van der Waals surface area contributed by atoms with Gasteiger partial charge in [0.15, 0.2) is 0 Å². The summed E-state index contributed by atoms with van der Waals surface area (Å²) in [6.45, 7) is 5.63. The zero-order valence-corrected chi connectivity index (χ0v) is 15.1. The highest BCUT2D eigenvalue weighted by molar-refractivity contribution is 5.76. The average molecular weight is 351 g/mol. The zero-order valence-electron chi connectivity index (χ0n) is 15.1. The van der Waals surface area contributed by atoms with Crippen LogP contribution in [0.3, 0.4) is 0 Å². The molecule has 2 atom stereocenters. The van der Waals surface area contributed by atoms with Crippen molar-refractivity contribution >= 4 is 5.91 Å². The molecule has 0 bridgehead atoms. The fraction of sp³-hybridized carbons (Fsp3) is 0.778. The number of aliphatic hydroxyl groups is 2. The van der Waals surface area contributed by atoms with Gasteiger partial charge in [0.2, 0.25) is 5.91 Å². The molecule has 140 valence electrons. The Labute approximate surface area is 148 Å². The van der Waals surface area contributed by atoms with E-state index in [0.29, 0.717) is 39.0 Å². The zero-order chi connectivity index (χ0) is 18.0. The second-order valence-electron chi connectivity index (χ2n) is 7.37. The first-order valence-corrected chi connectivity index (χ1v) is 9.16. The van der Waals surface area contributed by atoms with Crippen LogP contribution in [0.15, 0.2) is 0 Å². The Bertz CT molecular complexity index is 607. The number of H-pyrrole nitrogens is 1. The molecule has 2 heterocycles. The second-order valence-corrected chi connectivity index (χ2v) is 7.37. The molecule has 7 heteroatoms. The van der Waals surface area contributed by atoms with E-state index in [4.69, 9.17) is 9.84 Å². The molecule has 2 aliphatic rings. The van der Waals surface area contributed by atoms with E-state index in [-0.39, 0.29) is 30.1 Å². The monoisotopic (exact) mass is 351 g/mol. The Kier molecular flexibility index (Phi) is 5.46. The number of hydrogen-bond donors (Lipinski definition) is 3. The van der Waals surface area contributed by atoms with Gasteiger partial charge in [-0.25, -0.2) is 0 Å². The van der Waals surface area contributed by atoms with Crippen molar-refractivity contribution in [3.8, 4) is 0 Å². The highest BCUT2D eigenvalue weighted by atomic mass is 16.5. The highest BCUT2D eigenvalue weighted by Gasteiger charge is 2.56. The molecule has 3 N–H and O–H groups in total. The van der Waals surface area contributed by atoms with Crippen molar-refractivity contribution in [2.24, 2.45) is 5.41 Å². The van der Waals surface area contributed by atoms with Gasteiger partial charge in [0.25, 0.3) is 0 Å². The van der Waals surface area contributed by atoms with Gasteiger partial charge in [-0.2, -0.15) is 5.10 Å². The van der Waals surface area contributed by atoms with E-state index < -0.39 is 0 Å². The maximum absolute atomic E-state index is 12.5. The largest absolute Gasteiger partial charge is 0.394 e. The highest BCUT2D eigenvalue weighted by Crippen LogP contribution is 2.50. The van der Waals surface area contributed by atoms with E-state index in [9.17, 15) is 9.90 Å². The minimum Gasteiger partial charge on any atom is -0.394 e. The molecule has 1 aromatic rings. The van der Waals surface area contributed by atoms with Crippen LogP contribution in [-0.4, -0.2) is 69.7 Å². The van der Waals surface area contributed by atoms with Crippen LogP contribution in [-0.2, 0) is 16.0 Å². The molecule has 1 saturated heterocycles. The molecule has 7 nitrogen and oxygen atoms in total. The number of piperidine rings is 1. The summed E-state index contributed by atoms with van der Waals surface area (Å²) in [6, 6.07) is 0. The smallest absolute Gasteiger partial charge is 0.222 e. The summed E-state index contributed by atoms with van der Waals surface area (Å²) < 4.78 is 5.68. The van der Waals surface area contributed by atoms with Crippen molar-refractivity contribution in [2.45, 2.75) is 58.2 Å². The van der Waals surface area contributed by atoms with Crippen LogP contribution in [0.2, 0.25) is 0 Å². The fourth-order valence-corrected chi connectivity index (χ4v) is 4.15. The lowest BCUT2D eigenvalue weighted by Crippen LogP contribution is -2.62. The molecule has 1 aliphatic carbocycles. The predicted molar refractivity (Wildman–Crippen MR) is 92.1 cm³/mol. The Morgan fingerprint density at radius 3 is 2.68 bits per heavy atom. The topological polar surface area (TPSA) is 98.7 Å². The van der Waals surface area contributed by atoms with Crippen LogP contribution in [0.25, 0.3) is 0 Å². The summed E-state index contributed by atoms with van der Waals surface area (Å²) in [5.41, 5.74) is 2.91. The van der Waals surface area contributed by atoms with Crippen LogP contribution in [0, 0.1) is 19.3 Å². The predicted octanol–water partition coefficient (Wildman–Crippen LogP) is 0.710. The van der Waals surface area contributed by atoms with Crippen molar-refractivity contribution < 1.29 is 19.7 Å². The van der Waals surface area contributed by atoms with Gasteiger partial charge < -0.3 is 19.8 Å². The van der Waals surface area contributed by atoms with Crippen LogP contribution in [0.5, 0.6) is 0 Å². The minimum absolute atomic E-state index is 0.000628. The molecule has 1 aromatic heterocycles. The molecule has 25 heavy (non-hydrogen) atoms. The maximum Gasteiger partial charge on any atom is 0.222 e. The second kappa shape index (κ2) is 7.43. The molecule has 1 saturated carbocycles. The van der Waals surface area contributed by atoms with Gasteiger partial charge in [-0.15, -0.1) is 0 Å². The van der Waals surface area contributed by atoms with Crippen molar-refractivity contribution in [1.29, 1.82) is 0 Å². The molecule has 2 fully saturated rings. The lowest BCUT2D eigenvalue weighted by Gasteiger charge is -2.56. The number of aliphatic hydroxyl groups excluding tert-OH is 2. The lowest BCUT2D eigenvalue weighted by molar-refractivity contribution is -0.213. The van der Waals surface area contributed by atoms with Crippen molar-refractivity contribution in [3.05, 3.63) is 17.0 Å². The molecule has 0 radical (unpaired) electrons. The third-order valence-corrected chi connectivity index (χ3v) is 6.13. The van der Waals surface area contributed by atoms with Crippen LogP contribution in [0.4, 0.5) is 0 Å². The standard InChI is InChI=1S/C18H29N3O4/c1-12-13(2)19-20-14(12)3-4-17(24)21-7-5-18(6-8-21)15(23)11-16(18)25-10-9-22/h15-16,22-23H,3-11H2,1-2H3,(H,19,20)/t15-,16+/m1/s1. The summed E-state index contributed by atoms with van der Waals surface area (Å²) in [4.78, 5) is 14.4. The summed E-state index contributed by atoms with van der Waals surface area (Å²) in [5, 5.41) is 26.4. The Morgan fingerprint density at radius 2 is 2.12 bits per heavy atom. The first-order valence-electron chi connectivity index (χ1n) is 9.16. The molecule has 1 spiro atoms. The van der Waals surface area contributed by atoms with Crippen molar-refractivity contribution in [2.75, 3.05) is 26.3 Å². The number of aryl methyl sites for hydroxylation is 2. The summed E-state index contributed by atoms with van der Waals surface area (Å²) >= 11 is 0. The maximum atomic E-state index is 12.5. The number of amides is 1. The number of hydrogen-bond acceptors (Lipinski definition) is 5. The molecule has 1 amide bonds. The number of nitrogens with zero attached hydrogens (tertiary/aromatic N) is 2. The lowest BCUT2D eigenvalue weighted by atomic mass is 9.58. The molecule has 0 aromatic carbocycles. The number of aromatic amines is 1. The summed E-state index contributed by atoms with van der Waals surface area (Å²) in [7, 11) is 0. The van der Waals surface area contributed by atoms with Gasteiger partial charge >= 0.3 is 0 Å².